The highest BCUT2D eigenvalue weighted by Crippen LogP contribution is 2.26. The predicted molar refractivity (Wildman–Crippen MR) is 80.1 cm³/mol. The summed E-state index contributed by atoms with van der Waals surface area (Å²) in [6.07, 6.45) is 3.01. The molecule has 1 aliphatic rings. The first-order valence-electron chi connectivity index (χ1n) is 6.14. The molecule has 1 aliphatic heterocycles. The number of nitrogens with zero attached hydrogens (tertiary/aromatic N) is 2. The minimum atomic E-state index is -3.10. The van der Waals surface area contributed by atoms with Gasteiger partial charge in [-0.3, -0.25) is 4.98 Å². The van der Waals surface area contributed by atoms with E-state index in [1.165, 1.54) is 6.26 Å². The van der Waals surface area contributed by atoms with E-state index in [-0.39, 0.29) is 6.04 Å². The third kappa shape index (κ3) is 3.40. The van der Waals surface area contributed by atoms with Crippen LogP contribution in [-0.2, 0) is 9.84 Å². The van der Waals surface area contributed by atoms with E-state index in [9.17, 15) is 8.42 Å². The van der Waals surface area contributed by atoms with E-state index in [1.807, 2.05) is 24.0 Å². The Morgan fingerprint density at radius 3 is 2.79 bits per heavy atom. The van der Waals surface area contributed by atoms with Gasteiger partial charge in [0.05, 0.1) is 17.6 Å². The highest BCUT2D eigenvalue weighted by atomic mass is 32.2. The second-order valence-electron chi connectivity index (χ2n) is 4.78. The average Bonchev–Trinajstić information content (AvgIpc) is 2.38. The molecule has 2 N–H and O–H groups in total. The van der Waals surface area contributed by atoms with Crippen LogP contribution in [0, 0.1) is 0 Å². The molecule has 7 heteroatoms. The Bertz CT molecular complexity index is 528. The van der Waals surface area contributed by atoms with Crippen molar-refractivity contribution in [3.8, 4) is 0 Å². The molecular formula is C12H19N3O2S2. The maximum atomic E-state index is 11.8. The van der Waals surface area contributed by atoms with Crippen molar-refractivity contribution in [1.82, 2.24) is 4.98 Å². The van der Waals surface area contributed by atoms with E-state index < -0.39 is 15.2 Å². The molecule has 0 bridgehead atoms. The van der Waals surface area contributed by atoms with Gasteiger partial charge in [0.1, 0.15) is 5.37 Å². The molecule has 0 amide bonds. The minimum Gasteiger partial charge on any atom is -0.352 e. The van der Waals surface area contributed by atoms with Gasteiger partial charge in [-0.25, -0.2) is 8.42 Å². The number of hydrogen-bond acceptors (Lipinski definition) is 6. The van der Waals surface area contributed by atoms with Crippen LogP contribution in [-0.4, -0.2) is 43.1 Å². The lowest BCUT2D eigenvalue weighted by Gasteiger charge is -2.35. The lowest BCUT2D eigenvalue weighted by molar-refractivity contribution is 0.584. The van der Waals surface area contributed by atoms with Crippen LogP contribution in [0.15, 0.2) is 18.3 Å². The minimum absolute atomic E-state index is 0.114. The van der Waals surface area contributed by atoms with Crippen LogP contribution < -0.4 is 10.6 Å². The smallest absolute Gasteiger partial charge is 0.169 e. The molecule has 0 aromatic carbocycles. The molecule has 5 nitrogen and oxygen atoms in total. The van der Waals surface area contributed by atoms with Crippen LogP contribution in [0.4, 0.5) is 5.69 Å². The van der Waals surface area contributed by atoms with Gasteiger partial charge in [0.15, 0.2) is 9.84 Å². The molecule has 1 saturated heterocycles. The molecule has 1 fully saturated rings. The van der Waals surface area contributed by atoms with Gasteiger partial charge in [-0.05, 0) is 19.1 Å². The Morgan fingerprint density at radius 2 is 2.26 bits per heavy atom. The standard InChI is InChI=1S/C12H19N3O2S2/c1-9(13)11-4-3-10(7-14-11)15-5-6-18-8-12(15)19(2,16)17/h3-4,7,9,12H,5-6,8,13H2,1-2H3/t9-,12?/m1/s1. The molecule has 0 spiro atoms. The Hall–Kier alpha value is -0.790. The van der Waals surface area contributed by atoms with Gasteiger partial charge in [0, 0.05) is 30.3 Å². The first-order valence-corrected chi connectivity index (χ1v) is 9.25. The molecule has 1 aromatic heterocycles. The zero-order valence-corrected chi connectivity index (χ0v) is 12.7. The molecule has 0 radical (unpaired) electrons. The molecule has 1 aromatic rings. The van der Waals surface area contributed by atoms with Crippen LogP contribution in [0.2, 0.25) is 0 Å². The number of sulfone groups is 1. The van der Waals surface area contributed by atoms with E-state index >= 15 is 0 Å². The lowest BCUT2D eigenvalue weighted by Crippen LogP contribution is -2.47. The van der Waals surface area contributed by atoms with Gasteiger partial charge < -0.3 is 10.6 Å². The predicted octanol–water partition coefficient (Wildman–Crippen LogP) is 1.03. The summed E-state index contributed by atoms with van der Waals surface area (Å²) in [7, 11) is -3.10. The SMILES string of the molecule is C[C@@H](N)c1ccc(N2CCSCC2S(C)(=O)=O)cn1. The van der Waals surface area contributed by atoms with Crippen molar-refractivity contribution in [1.29, 1.82) is 0 Å². The van der Waals surface area contributed by atoms with Gasteiger partial charge in [-0.1, -0.05) is 0 Å². The molecule has 1 unspecified atom stereocenters. The number of hydrogen-bond donors (Lipinski definition) is 1. The zero-order valence-electron chi connectivity index (χ0n) is 11.1. The number of nitrogens with two attached hydrogens (primary N) is 1. The monoisotopic (exact) mass is 301 g/mol. The van der Waals surface area contributed by atoms with Gasteiger partial charge in [-0.15, -0.1) is 0 Å². The van der Waals surface area contributed by atoms with Crippen LogP contribution in [0.3, 0.4) is 0 Å². The van der Waals surface area contributed by atoms with Crippen molar-refractivity contribution in [2.45, 2.75) is 18.3 Å². The summed E-state index contributed by atoms with van der Waals surface area (Å²) in [6.45, 7) is 2.60. The molecular weight excluding hydrogens is 282 g/mol. The molecule has 2 atom stereocenters. The van der Waals surface area contributed by atoms with Crippen molar-refractivity contribution in [2.24, 2.45) is 5.73 Å². The van der Waals surface area contributed by atoms with E-state index in [1.54, 1.807) is 18.0 Å². The molecule has 106 valence electrons. The van der Waals surface area contributed by atoms with Crippen molar-refractivity contribution in [3.63, 3.8) is 0 Å². The molecule has 2 rings (SSSR count). The fourth-order valence-electron chi connectivity index (χ4n) is 2.07. The molecule has 0 aliphatic carbocycles. The number of rotatable bonds is 3. The Balaban J connectivity index is 2.27. The maximum absolute atomic E-state index is 11.8. The second kappa shape index (κ2) is 5.68. The van der Waals surface area contributed by atoms with Crippen LogP contribution >= 0.6 is 11.8 Å². The number of thioether (sulfide) groups is 1. The number of pyridine rings is 1. The molecule has 0 saturated carbocycles. The summed E-state index contributed by atoms with van der Waals surface area (Å²) in [4.78, 5) is 6.22. The quantitative estimate of drug-likeness (QED) is 0.898. The Labute approximate surface area is 118 Å². The summed E-state index contributed by atoms with van der Waals surface area (Å²) in [5, 5.41) is -0.464. The largest absolute Gasteiger partial charge is 0.352 e. The third-order valence-electron chi connectivity index (χ3n) is 3.15. The summed E-state index contributed by atoms with van der Waals surface area (Å²) in [6, 6.07) is 3.65. The van der Waals surface area contributed by atoms with Gasteiger partial charge in [0.2, 0.25) is 0 Å². The first kappa shape index (κ1) is 14.6. The van der Waals surface area contributed by atoms with E-state index in [2.05, 4.69) is 4.98 Å². The van der Waals surface area contributed by atoms with Crippen LogP contribution in [0.5, 0.6) is 0 Å². The normalized spacial score (nSPS) is 22.3. The van der Waals surface area contributed by atoms with Crippen molar-refractivity contribution < 1.29 is 8.42 Å². The highest BCUT2D eigenvalue weighted by molar-refractivity contribution is 8.01. The van der Waals surface area contributed by atoms with Gasteiger partial charge in [-0.2, -0.15) is 11.8 Å². The summed E-state index contributed by atoms with van der Waals surface area (Å²) < 4.78 is 23.7. The highest BCUT2D eigenvalue weighted by Gasteiger charge is 2.31. The fraction of sp³-hybridized carbons (Fsp3) is 0.583. The fourth-order valence-corrected chi connectivity index (χ4v) is 4.91. The molecule has 2 heterocycles. The summed E-state index contributed by atoms with van der Waals surface area (Å²) >= 11 is 1.68. The Morgan fingerprint density at radius 1 is 1.53 bits per heavy atom. The van der Waals surface area contributed by atoms with E-state index in [0.29, 0.717) is 5.75 Å². The number of aromatic nitrogens is 1. The van der Waals surface area contributed by atoms with Crippen molar-refractivity contribution in [2.75, 3.05) is 29.2 Å². The summed E-state index contributed by atoms with van der Waals surface area (Å²) in [5.41, 5.74) is 7.42. The topological polar surface area (TPSA) is 76.3 Å². The second-order valence-corrected chi connectivity index (χ2v) is 8.14. The Kier molecular flexibility index (Phi) is 4.37. The first-order chi connectivity index (χ1) is 8.89. The third-order valence-corrected chi connectivity index (χ3v) is 5.79. The average molecular weight is 301 g/mol. The summed E-state index contributed by atoms with van der Waals surface area (Å²) in [5.74, 6) is 1.54. The van der Waals surface area contributed by atoms with E-state index in [0.717, 1.165) is 23.7 Å². The zero-order chi connectivity index (χ0) is 14.0. The van der Waals surface area contributed by atoms with Gasteiger partial charge >= 0.3 is 0 Å². The van der Waals surface area contributed by atoms with E-state index in [4.69, 9.17) is 5.73 Å². The number of anilines is 1. The van der Waals surface area contributed by atoms with Gasteiger partial charge in [0.25, 0.3) is 0 Å². The van der Waals surface area contributed by atoms with Crippen LogP contribution in [0.25, 0.3) is 0 Å². The van der Waals surface area contributed by atoms with Crippen molar-refractivity contribution in [3.05, 3.63) is 24.0 Å². The van der Waals surface area contributed by atoms with Crippen molar-refractivity contribution >= 4 is 27.3 Å². The maximum Gasteiger partial charge on any atom is 0.169 e. The van der Waals surface area contributed by atoms with Crippen LogP contribution in [0.1, 0.15) is 18.7 Å². The lowest BCUT2D eigenvalue weighted by atomic mass is 10.2. The molecule has 19 heavy (non-hydrogen) atoms.